The molecule has 0 aliphatic heterocycles. The van der Waals surface area contributed by atoms with Crippen molar-refractivity contribution in [3.63, 3.8) is 0 Å². The summed E-state index contributed by atoms with van der Waals surface area (Å²) in [5, 5.41) is 2.81. The molecule has 0 spiro atoms. The van der Waals surface area contributed by atoms with E-state index in [0.717, 1.165) is 0 Å². The zero-order valence-electron chi connectivity index (χ0n) is 11.0. The lowest BCUT2D eigenvalue weighted by atomic mass is 10.1. The summed E-state index contributed by atoms with van der Waals surface area (Å²) < 4.78 is 5.15. The summed E-state index contributed by atoms with van der Waals surface area (Å²) in [5.74, 6) is -0.504. The molecule has 0 aliphatic carbocycles. The highest BCUT2D eigenvalue weighted by molar-refractivity contribution is 5.86. The summed E-state index contributed by atoms with van der Waals surface area (Å²) in [6.07, 6.45) is 0.0464. The smallest absolute Gasteiger partial charge is 0.308 e. The van der Waals surface area contributed by atoms with Crippen LogP contribution in [0, 0.1) is 0 Å². The molecular formula is C11H22N2O3. The molecule has 1 unspecified atom stereocenters. The van der Waals surface area contributed by atoms with Gasteiger partial charge in [-0.3, -0.25) is 9.59 Å². The number of hydrogen-bond donors (Lipinski definition) is 1. The van der Waals surface area contributed by atoms with Gasteiger partial charge in [-0.2, -0.15) is 0 Å². The lowest BCUT2D eigenvalue weighted by Gasteiger charge is -2.23. The Morgan fingerprint density at radius 3 is 2.12 bits per heavy atom. The molecule has 0 bridgehead atoms. The Labute approximate surface area is 97.1 Å². The first-order chi connectivity index (χ1) is 7.17. The molecule has 0 radical (unpaired) electrons. The fourth-order valence-electron chi connectivity index (χ4n) is 1.17. The molecule has 0 fully saturated rings. The zero-order valence-corrected chi connectivity index (χ0v) is 11.0. The zero-order chi connectivity index (χ0) is 12.9. The molecule has 1 N–H and O–H groups in total. The Hall–Kier alpha value is -1.10. The number of rotatable bonds is 4. The SMILES string of the molecule is CNC(CC(=O)OC(C)(C)C)C(=O)N(C)C. The van der Waals surface area contributed by atoms with E-state index in [9.17, 15) is 9.59 Å². The standard InChI is InChI=1S/C11H22N2O3/c1-11(2,3)16-9(14)7-8(12-4)10(15)13(5)6/h8,12H,7H2,1-6H3. The monoisotopic (exact) mass is 230 g/mol. The van der Waals surface area contributed by atoms with Crippen LogP contribution in [0.1, 0.15) is 27.2 Å². The topological polar surface area (TPSA) is 58.6 Å². The van der Waals surface area contributed by atoms with Crippen LogP contribution in [0.2, 0.25) is 0 Å². The first-order valence-corrected chi connectivity index (χ1v) is 5.27. The van der Waals surface area contributed by atoms with E-state index < -0.39 is 11.6 Å². The van der Waals surface area contributed by atoms with Crippen LogP contribution in [0.5, 0.6) is 0 Å². The van der Waals surface area contributed by atoms with Crippen LogP contribution in [0.4, 0.5) is 0 Å². The molecule has 0 aromatic carbocycles. The van der Waals surface area contributed by atoms with Crippen LogP contribution in [0.25, 0.3) is 0 Å². The summed E-state index contributed by atoms with van der Waals surface area (Å²) in [5.41, 5.74) is -0.517. The molecule has 5 heteroatoms. The highest BCUT2D eigenvalue weighted by atomic mass is 16.6. The van der Waals surface area contributed by atoms with E-state index in [1.165, 1.54) is 4.90 Å². The first-order valence-electron chi connectivity index (χ1n) is 5.27. The molecule has 0 aromatic heterocycles. The highest BCUT2D eigenvalue weighted by Crippen LogP contribution is 2.09. The average molecular weight is 230 g/mol. The predicted octanol–water partition coefficient (Wildman–Crippen LogP) is 0.394. The Kier molecular flexibility index (Phi) is 5.44. The van der Waals surface area contributed by atoms with Crippen molar-refractivity contribution in [3.8, 4) is 0 Å². The van der Waals surface area contributed by atoms with E-state index in [1.54, 1.807) is 41.9 Å². The summed E-state index contributed by atoms with van der Waals surface area (Å²) in [6.45, 7) is 5.40. The van der Waals surface area contributed by atoms with Crippen LogP contribution in [0.3, 0.4) is 0 Å². The summed E-state index contributed by atoms with van der Waals surface area (Å²) in [4.78, 5) is 24.6. The maximum atomic E-state index is 11.6. The third-order valence-electron chi connectivity index (χ3n) is 1.88. The highest BCUT2D eigenvalue weighted by Gasteiger charge is 2.24. The molecule has 0 aromatic rings. The van der Waals surface area contributed by atoms with E-state index in [2.05, 4.69) is 5.32 Å². The largest absolute Gasteiger partial charge is 0.460 e. The van der Waals surface area contributed by atoms with Crippen molar-refractivity contribution in [1.29, 1.82) is 0 Å². The van der Waals surface area contributed by atoms with Crippen LogP contribution >= 0.6 is 0 Å². The number of nitrogens with one attached hydrogen (secondary N) is 1. The van der Waals surface area contributed by atoms with Crippen molar-refractivity contribution in [1.82, 2.24) is 10.2 Å². The molecule has 0 rings (SSSR count). The van der Waals surface area contributed by atoms with Crippen LogP contribution in [0.15, 0.2) is 0 Å². The van der Waals surface area contributed by atoms with Gasteiger partial charge in [0, 0.05) is 14.1 Å². The Bertz CT molecular complexity index is 256. The number of nitrogens with zero attached hydrogens (tertiary/aromatic N) is 1. The number of carbonyl (C=O) groups is 2. The average Bonchev–Trinajstić information content (AvgIpc) is 2.09. The quantitative estimate of drug-likeness (QED) is 0.710. The van der Waals surface area contributed by atoms with Crippen molar-refractivity contribution in [3.05, 3.63) is 0 Å². The molecule has 1 amide bonds. The Morgan fingerprint density at radius 1 is 1.31 bits per heavy atom. The molecule has 0 saturated heterocycles. The summed E-state index contributed by atoms with van der Waals surface area (Å²) in [7, 11) is 4.96. The van der Waals surface area contributed by atoms with E-state index >= 15 is 0 Å². The Balaban J connectivity index is 4.34. The van der Waals surface area contributed by atoms with Gasteiger partial charge < -0.3 is 15.0 Å². The molecule has 5 nitrogen and oxygen atoms in total. The Morgan fingerprint density at radius 2 is 1.81 bits per heavy atom. The number of esters is 1. The maximum Gasteiger partial charge on any atom is 0.308 e. The number of ether oxygens (including phenoxy) is 1. The normalized spacial score (nSPS) is 13.1. The van der Waals surface area contributed by atoms with Gasteiger partial charge in [0.05, 0.1) is 12.5 Å². The van der Waals surface area contributed by atoms with Gasteiger partial charge in [-0.15, -0.1) is 0 Å². The second-order valence-corrected chi connectivity index (χ2v) is 4.86. The van der Waals surface area contributed by atoms with Gasteiger partial charge in [0.2, 0.25) is 5.91 Å². The summed E-state index contributed by atoms with van der Waals surface area (Å²) in [6, 6.07) is -0.523. The fraction of sp³-hybridized carbons (Fsp3) is 0.818. The van der Waals surface area contributed by atoms with Gasteiger partial charge in [0.1, 0.15) is 5.60 Å². The minimum absolute atomic E-state index is 0.0464. The van der Waals surface area contributed by atoms with Crippen LogP contribution < -0.4 is 5.32 Å². The van der Waals surface area contributed by atoms with E-state index in [-0.39, 0.29) is 18.3 Å². The van der Waals surface area contributed by atoms with Gasteiger partial charge in [-0.05, 0) is 27.8 Å². The van der Waals surface area contributed by atoms with Gasteiger partial charge in [0.15, 0.2) is 0 Å². The second kappa shape index (κ2) is 5.84. The van der Waals surface area contributed by atoms with E-state index in [4.69, 9.17) is 4.74 Å². The molecule has 0 saturated carbocycles. The van der Waals surface area contributed by atoms with Gasteiger partial charge in [0.25, 0.3) is 0 Å². The van der Waals surface area contributed by atoms with Crippen molar-refractivity contribution in [2.24, 2.45) is 0 Å². The van der Waals surface area contributed by atoms with Gasteiger partial charge >= 0.3 is 5.97 Å². The first kappa shape index (κ1) is 14.9. The third-order valence-corrected chi connectivity index (χ3v) is 1.88. The van der Waals surface area contributed by atoms with Crippen LogP contribution in [-0.4, -0.2) is 49.6 Å². The second-order valence-electron chi connectivity index (χ2n) is 4.86. The van der Waals surface area contributed by atoms with Crippen LogP contribution in [-0.2, 0) is 14.3 Å². The number of likely N-dealkylation sites (N-methyl/N-ethyl adjacent to an activating group) is 2. The van der Waals surface area contributed by atoms with Crippen molar-refractivity contribution in [2.75, 3.05) is 21.1 Å². The minimum Gasteiger partial charge on any atom is -0.460 e. The third kappa shape index (κ3) is 5.70. The number of hydrogen-bond acceptors (Lipinski definition) is 4. The van der Waals surface area contributed by atoms with E-state index in [1.807, 2.05) is 0 Å². The molecule has 0 aliphatic rings. The molecule has 1 atom stereocenters. The van der Waals surface area contributed by atoms with Gasteiger partial charge in [-0.1, -0.05) is 0 Å². The lowest BCUT2D eigenvalue weighted by molar-refractivity contribution is -0.157. The minimum atomic E-state index is -0.523. The number of amides is 1. The van der Waals surface area contributed by atoms with Crippen molar-refractivity contribution < 1.29 is 14.3 Å². The maximum absolute atomic E-state index is 11.6. The fourth-order valence-corrected chi connectivity index (χ4v) is 1.17. The van der Waals surface area contributed by atoms with E-state index in [0.29, 0.717) is 0 Å². The predicted molar refractivity (Wildman–Crippen MR) is 62.0 cm³/mol. The molecule has 16 heavy (non-hydrogen) atoms. The summed E-state index contributed by atoms with van der Waals surface area (Å²) >= 11 is 0. The lowest BCUT2D eigenvalue weighted by Crippen LogP contribution is -2.44. The molecule has 94 valence electrons. The molecule has 0 heterocycles. The van der Waals surface area contributed by atoms with Crippen molar-refractivity contribution in [2.45, 2.75) is 38.8 Å². The van der Waals surface area contributed by atoms with Gasteiger partial charge in [-0.25, -0.2) is 0 Å². The molecular weight excluding hydrogens is 208 g/mol. The van der Waals surface area contributed by atoms with Crippen molar-refractivity contribution >= 4 is 11.9 Å². The number of carbonyl (C=O) groups excluding carboxylic acids is 2.